The maximum absolute atomic E-state index is 12.7. The van der Waals surface area contributed by atoms with Crippen LogP contribution in [-0.2, 0) is 13.6 Å². The van der Waals surface area contributed by atoms with Gasteiger partial charge in [0.15, 0.2) is 29.0 Å². The molecule has 0 amide bonds. The molecule has 4 aromatic heterocycles. The predicted octanol–water partition coefficient (Wildman–Crippen LogP) is 2.52. The van der Waals surface area contributed by atoms with Gasteiger partial charge in [0, 0.05) is 13.0 Å². The predicted molar refractivity (Wildman–Crippen MR) is 112 cm³/mol. The Hall–Kier alpha value is -4.08. The number of aromatic nitrogens is 7. The average Bonchev–Trinajstić information content (AvgIpc) is 3.38. The molecule has 0 N–H and O–H groups in total. The van der Waals surface area contributed by atoms with Crippen LogP contribution in [0, 0.1) is 11.8 Å². The van der Waals surface area contributed by atoms with Crippen molar-refractivity contribution in [2.75, 3.05) is 0 Å². The van der Waals surface area contributed by atoms with E-state index in [2.05, 4.69) is 43.3 Å². The van der Waals surface area contributed by atoms with Gasteiger partial charge < -0.3 is 13.5 Å². The lowest BCUT2D eigenvalue weighted by atomic mass is 10.0. The third-order valence-corrected chi connectivity index (χ3v) is 6.57. The van der Waals surface area contributed by atoms with Crippen LogP contribution in [0.25, 0.3) is 27.8 Å². The molecule has 10 nitrogen and oxygen atoms in total. The second kappa shape index (κ2) is 6.22. The number of hydrogen-bond donors (Lipinski definition) is 0. The van der Waals surface area contributed by atoms with Crippen molar-refractivity contribution < 1.29 is 8.94 Å². The van der Waals surface area contributed by atoms with Crippen LogP contribution in [0.5, 0.6) is 0 Å². The molecule has 1 aromatic carbocycles. The zero-order chi connectivity index (χ0) is 21.4. The highest BCUT2D eigenvalue weighted by molar-refractivity contribution is 5.80. The van der Waals surface area contributed by atoms with E-state index in [9.17, 15) is 4.79 Å². The third-order valence-electron chi connectivity index (χ3n) is 6.57. The molecular weight excluding hydrogens is 410 g/mol. The standard InChI is InChI=1S/C22H17N7O3/c1-28-8-23-21-19(28)22(30)29(9-24-21)7-17-26-20(27-32-17)18-13-4-12(5-14(13)18)11-2-3-16-15(6-11)25-10-31-16/h2-4,6,8-10,13-14,18H,5,7H2,1H3/t13-,14+,18+/m0/s1. The SMILES string of the molecule is Cn1cnc2ncn(Cc3nc([C@@H]4[C@H]5C=C(c6ccc7ocnc7c6)C[C@H]54)no3)c(=O)c21. The Morgan fingerprint density at radius 2 is 2.09 bits per heavy atom. The fourth-order valence-electron chi connectivity index (χ4n) is 4.88. The number of oxazole rings is 1. The van der Waals surface area contributed by atoms with Crippen molar-refractivity contribution in [3.63, 3.8) is 0 Å². The van der Waals surface area contributed by atoms with Gasteiger partial charge in [0.05, 0.1) is 6.33 Å². The van der Waals surface area contributed by atoms with Gasteiger partial charge in [-0.2, -0.15) is 4.98 Å². The van der Waals surface area contributed by atoms with Gasteiger partial charge in [-0.1, -0.05) is 17.3 Å². The zero-order valence-corrected chi connectivity index (χ0v) is 17.0. The van der Waals surface area contributed by atoms with Gasteiger partial charge in [0.1, 0.15) is 18.4 Å². The Morgan fingerprint density at radius 1 is 1.19 bits per heavy atom. The van der Waals surface area contributed by atoms with E-state index >= 15 is 0 Å². The molecule has 0 saturated heterocycles. The molecule has 3 atom stereocenters. The topological polar surface area (TPSA) is 118 Å². The second-order valence-corrected chi connectivity index (χ2v) is 8.45. The van der Waals surface area contributed by atoms with Crippen LogP contribution in [0.2, 0.25) is 0 Å². The number of aryl methyl sites for hydroxylation is 1. The summed E-state index contributed by atoms with van der Waals surface area (Å²) in [5, 5.41) is 4.20. The van der Waals surface area contributed by atoms with Crippen LogP contribution in [0.3, 0.4) is 0 Å². The quantitative estimate of drug-likeness (QED) is 0.429. The first kappa shape index (κ1) is 17.6. The van der Waals surface area contributed by atoms with Crippen molar-refractivity contribution in [2.45, 2.75) is 18.9 Å². The molecule has 0 spiro atoms. The number of nitrogens with zero attached hydrogens (tertiary/aromatic N) is 7. The van der Waals surface area contributed by atoms with E-state index in [4.69, 9.17) is 8.94 Å². The van der Waals surface area contributed by atoms with Gasteiger partial charge in [-0.25, -0.2) is 15.0 Å². The fourth-order valence-corrected chi connectivity index (χ4v) is 4.88. The largest absolute Gasteiger partial charge is 0.443 e. The highest BCUT2D eigenvalue weighted by atomic mass is 16.5. The number of allylic oxidation sites excluding steroid dienone is 2. The van der Waals surface area contributed by atoms with Crippen molar-refractivity contribution in [3.05, 3.63) is 71.0 Å². The van der Waals surface area contributed by atoms with Crippen molar-refractivity contribution in [3.8, 4) is 0 Å². The van der Waals surface area contributed by atoms with Crippen LogP contribution in [-0.4, -0.2) is 34.2 Å². The van der Waals surface area contributed by atoms with Crippen molar-refractivity contribution in [1.82, 2.24) is 34.2 Å². The zero-order valence-electron chi connectivity index (χ0n) is 17.0. The summed E-state index contributed by atoms with van der Waals surface area (Å²) in [5.41, 5.74) is 4.87. The van der Waals surface area contributed by atoms with Gasteiger partial charge in [-0.05, 0) is 41.5 Å². The van der Waals surface area contributed by atoms with Gasteiger partial charge in [0.25, 0.3) is 5.56 Å². The fraction of sp³-hybridized carbons (Fsp3) is 0.273. The third kappa shape index (κ3) is 2.52. The Bertz CT molecular complexity index is 1600. The highest BCUT2D eigenvalue weighted by Crippen LogP contribution is 2.62. The lowest BCUT2D eigenvalue weighted by molar-refractivity contribution is 0.364. The van der Waals surface area contributed by atoms with E-state index in [0.717, 1.165) is 17.5 Å². The molecule has 7 rings (SSSR count). The van der Waals surface area contributed by atoms with E-state index in [-0.39, 0.29) is 18.0 Å². The van der Waals surface area contributed by atoms with Gasteiger partial charge in [-0.3, -0.25) is 9.36 Å². The molecule has 1 fully saturated rings. The molecule has 2 aliphatic rings. The highest BCUT2D eigenvalue weighted by Gasteiger charge is 2.55. The molecule has 0 bridgehead atoms. The van der Waals surface area contributed by atoms with E-state index in [1.807, 2.05) is 6.07 Å². The second-order valence-electron chi connectivity index (χ2n) is 8.45. The summed E-state index contributed by atoms with van der Waals surface area (Å²) in [5.74, 6) is 2.27. The normalized spacial score (nSPS) is 21.9. The lowest BCUT2D eigenvalue weighted by Crippen LogP contribution is -2.22. The molecule has 2 aliphatic carbocycles. The molecule has 1 saturated carbocycles. The molecule has 0 aliphatic heterocycles. The summed E-state index contributed by atoms with van der Waals surface area (Å²) in [6, 6.07) is 6.11. The molecule has 10 heteroatoms. The van der Waals surface area contributed by atoms with Crippen LogP contribution in [0.4, 0.5) is 0 Å². The molecule has 5 aromatic rings. The number of hydrogen-bond acceptors (Lipinski definition) is 8. The Morgan fingerprint density at radius 3 is 2.97 bits per heavy atom. The molecule has 0 radical (unpaired) electrons. The molecule has 4 heterocycles. The van der Waals surface area contributed by atoms with Crippen molar-refractivity contribution >= 4 is 27.8 Å². The van der Waals surface area contributed by atoms with Crippen LogP contribution < -0.4 is 5.56 Å². The number of imidazole rings is 1. The summed E-state index contributed by atoms with van der Waals surface area (Å²) in [6.45, 7) is 0.181. The van der Waals surface area contributed by atoms with Gasteiger partial charge in [0.2, 0.25) is 5.89 Å². The summed E-state index contributed by atoms with van der Waals surface area (Å²) >= 11 is 0. The summed E-state index contributed by atoms with van der Waals surface area (Å²) in [6.07, 6.45) is 7.80. The Balaban J connectivity index is 1.11. The van der Waals surface area contributed by atoms with Gasteiger partial charge >= 0.3 is 0 Å². The summed E-state index contributed by atoms with van der Waals surface area (Å²) < 4.78 is 13.9. The monoisotopic (exact) mass is 427 g/mol. The molecule has 32 heavy (non-hydrogen) atoms. The van der Waals surface area contributed by atoms with Crippen molar-refractivity contribution in [2.24, 2.45) is 18.9 Å². The van der Waals surface area contributed by atoms with E-state index < -0.39 is 0 Å². The van der Waals surface area contributed by atoms with E-state index in [0.29, 0.717) is 34.7 Å². The van der Waals surface area contributed by atoms with Crippen molar-refractivity contribution in [1.29, 1.82) is 0 Å². The first-order valence-corrected chi connectivity index (χ1v) is 10.4. The Kier molecular flexibility index (Phi) is 3.42. The van der Waals surface area contributed by atoms with E-state index in [1.165, 1.54) is 28.4 Å². The molecule has 0 unspecified atom stereocenters. The summed E-state index contributed by atoms with van der Waals surface area (Å²) in [7, 11) is 1.77. The van der Waals surface area contributed by atoms with E-state index in [1.54, 1.807) is 17.9 Å². The van der Waals surface area contributed by atoms with Crippen LogP contribution >= 0.6 is 0 Å². The minimum absolute atomic E-state index is 0.181. The van der Waals surface area contributed by atoms with Crippen LogP contribution in [0.1, 0.15) is 29.6 Å². The number of benzene rings is 1. The molecule has 158 valence electrons. The Labute approximate surface area is 180 Å². The minimum Gasteiger partial charge on any atom is -0.443 e. The summed E-state index contributed by atoms with van der Waals surface area (Å²) in [4.78, 5) is 29.9. The first-order valence-electron chi connectivity index (χ1n) is 10.4. The number of fused-ring (bicyclic) bond motifs is 3. The number of rotatable bonds is 4. The molecular formula is C22H17N7O3. The van der Waals surface area contributed by atoms with Crippen LogP contribution in [0.15, 0.2) is 57.1 Å². The van der Waals surface area contributed by atoms with Gasteiger partial charge in [-0.15, -0.1) is 0 Å². The smallest absolute Gasteiger partial charge is 0.280 e. The maximum Gasteiger partial charge on any atom is 0.280 e. The first-order chi connectivity index (χ1) is 15.7. The average molecular weight is 427 g/mol. The lowest BCUT2D eigenvalue weighted by Gasteiger charge is -2.05. The maximum atomic E-state index is 12.7. The minimum atomic E-state index is -0.185.